The van der Waals surface area contributed by atoms with E-state index in [-0.39, 0.29) is 0 Å². The first kappa shape index (κ1) is 14.5. The lowest BCUT2D eigenvalue weighted by Gasteiger charge is -2.22. The zero-order valence-corrected chi connectivity index (χ0v) is 13.1. The molecule has 2 aromatic heterocycles. The first-order chi connectivity index (χ1) is 11.4. The van der Waals surface area contributed by atoms with Gasteiger partial charge in [0.05, 0.1) is 25.8 Å². The molecular formula is C18H21N3O2. The van der Waals surface area contributed by atoms with Crippen molar-refractivity contribution in [1.29, 1.82) is 0 Å². The Kier molecular flexibility index (Phi) is 4.13. The molecule has 5 nitrogen and oxygen atoms in total. The van der Waals surface area contributed by atoms with Crippen LogP contribution in [-0.4, -0.2) is 41.2 Å². The number of hydrogen-bond acceptors (Lipinski definition) is 4. The minimum Gasteiger partial charge on any atom is -0.464 e. The third kappa shape index (κ3) is 3.46. The Morgan fingerprint density at radius 3 is 3.22 bits per heavy atom. The summed E-state index contributed by atoms with van der Waals surface area (Å²) in [7, 11) is 0. The van der Waals surface area contributed by atoms with Gasteiger partial charge in [0, 0.05) is 36.9 Å². The number of nitrogens with one attached hydrogen (secondary N) is 1. The summed E-state index contributed by atoms with van der Waals surface area (Å²) in [5, 5.41) is 1.16. The Labute approximate surface area is 135 Å². The fourth-order valence-electron chi connectivity index (χ4n) is 3.29. The van der Waals surface area contributed by atoms with Gasteiger partial charge in [-0.25, -0.2) is 4.98 Å². The molecule has 0 saturated carbocycles. The van der Waals surface area contributed by atoms with Crippen molar-refractivity contribution < 1.29 is 9.15 Å². The highest BCUT2D eigenvalue weighted by Crippen LogP contribution is 2.21. The molecule has 1 unspecified atom stereocenters. The second-order valence-corrected chi connectivity index (χ2v) is 6.25. The molecule has 1 N–H and O–H groups in total. The Morgan fingerprint density at radius 2 is 2.30 bits per heavy atom. The number of fused-ring (bicyclic) bond motifs is 1. The van der Waals surface area contributed by atoms with Crippen molar-refractivity contribution in [1.82, 2.24) is 14.9 Å². The third-order valence-corrected chi connectivity index (χ3v) is 4.42. The Hall–Kier alpha value is -2.11. The molecule has 4 rings (SSSR count). The molecule has 0 aliphatic carbocycles. The van der Waals surface area contributed by atoms with Crippen molar-refractivity contribution in [3.63, 3.8) is 0 Å². The van der Waals surface area contributed by atoms with Gasteiger partial charge in [0.2, 0.25) is 0 Å². The summed E-state index contributed by atoms with van der Waals surface area (Å²) >= 11 is 0. The summed E-state index contributed by atoms with van der Waals surface area (Å²) in [6.07, 6.45) is 6.39. The minimum atomic E-state index is 0.493. The van der Waals surface area contributed by atoms with Crippen LogP contribution in [0.25, 0.3) is 11.0 Å². The van der Waals surface area contributed by atoms with Gasteiger partial charge in [-0.2, -0.15) is 0 Å². The van der Waals surface area contributed by atoms with Crippen LogP contribution in [0, 0.1) is 5.92 Å². The lowest BCUT2D eigenvalue weighted by molar-refractivity contribution is 0.121. The topological polar surface area (TPSA) is 54.3 Å². The fourth-order valence-corrected chi connectivity index (χ4v) is 3.29. The SMILES string of the molecule is c1ncc(CN2CCOCC(Cc3ccc4ccoc4c3)C2)[nH]1. The molecule has 1 fully saturated rings. The van der Waals surface area contributed by atoms with Crippen LogP contribution in [0.5, 0.6) is 0 Å². The maximum atomic E-state index is 5.81. The molecule has 0 radical (unpaired) electrons. The summed E-state index contributed by atoms with van der Waals surface area (Å²) in [6, 6.07) is 8.48. The fraction of sp³-hybridized carbons (Fsp3) is 0.389. The number of H-pyrrole nitrogens is 1. The Bertz CT molecular complexity index is 751. The van der Waals surface area contributed by atoms with Gasteiger partial charge in [-0.3, -0.25) is 4.90 Å². The number of aromatic amines is 1. The van der Waals surface area contributed by atoms with Gasteiger partial charge >= 0.3 is 0 Å². The molecule has 0 spiro atoms. The van der Waals surface area contributed by atoms with E-state index in [1.54, 1.807) is 12.6 Å². The van der Waals surface area contributed by atoms with E-state index in [0.29, 0.717) is 5.92 Å². The number of imidazole rings is 1. The Morgan fingerprint density at radius 1 is 1.30 bits per heavy atom. The average Bonchev–Trinajstić information content (AvgIpc) is 3.17. The summed E-state index contributed by atoms with van der Waals surface area (Å²) < 4.78 is 11.3. The van der Waals surface area contributed by atoms with E-state index < -0.39 is 0 Å². The van der Waals surface area contributed by atoms with Crippen molar-refractivity contribution in [2.24, 2.45) is 5.92 Å². The lowest BCUT2D eigenvalue weighted by atomic mass is 9.99. The van der Waals surface area contributed by atoms with Crippen molar-refractivity contribution >= 4 is 11.0 Å². The second kappa shape index (κ2) is 6.56. The number of nitrogens with zero attached hydrogens (tertiary/aromatic N) is 2. The quantitative estimate of drug-likeness (QED) is 0.805. The Balaban J connectivity index is 1.44. The van der Waals surface area contributed by atoms with Crippen LogP contribution in [-0.2, 0) is 17.7 Å². The van der Waals surface area contributed by atoms with Crippen molar-refractivity contribution in [3.05, 3.63) is 54.3 Å². The molecule has 3 aromatic rings. The molecule has 0 amide bonds. The number of rotatable bonds is 4. The third-order valence-electron chi connectivity index (χ3n) is 4.42. The standard InChI is InChI=1S/C18H21N3O2/c1-2-16-3-5-23-18(16)8-14(1)7-15-10-21(4-6-22-12-15)11-17-9-19-13-20-17/h1-3,5,8-9,13,15H,4,6-7,10-12H2,(H,19,20). The number of furan rings is 1. The zero-order valence-electron chi connectivity index (χ0n) is 13.1. The molecule has 1 saturated heterocycles. The predicted octanol–water partition coefficient (Wildman–Crippen LogP) is 2.85. The first-order valence-electron chi connectivity index (χ1n) is 8.10. The van der Waals surface area contributed by atoms with Crippen molar-refractivity contribution in [2.75, 3.05) is 26.3 Å². The lowest BCUT2D eigenvalue weighted by Crippen LogP contribution is -2.30. The number of aromatic nitrogens is 2. The first-order valence-corrected chi connectivity index (χ1v) is 8.10. The maximum Gasteiger partial charge on any atom is 0.134 e. The van der Waals surface area contributed by atoms with Gasteiger partial charge in [-0.15, -0.1) is 0 Å². The largest absolute Gasteiger partial charge is 0.464 e. The average molecular weight is 311 g/mol. The molecule has 1 atom stereocenters. The minimum absolute atomic E-state index is 0.493. The summed E-state index contributed by atoms with van der Waals surface area (Å²) in [5.74, 6) is 0.493. The summed E-state index contributed by atoms with van der Waals surface area (Å²) in [5.41, 5.74) is 3.43. The molecule has 5 heteroatoms. The van der Waals surface area contributed by atoms with Crippen LogP contribution in [0.3, 0.4) is 0 Å². The van der Waals surface area contributed by atoms with E-state index in [4.69, 9.17) is 9.15 Å². The van der Waals surface area contributed by atoms with Crippen LogP contribution in [0.15, 0.2) is 47.5 Å². The predicted molar refractivity (Wildman–Crippen MR) is 88.1 cm³/mol. The van der Waals surface area contributed by atoms with Crippen LogP contribution < -0.4 is 0 Å². The monoisotopic (exact) mass is 311 g/mol. The second-order valence-electron chi connectivity index (χ2n) is 6.25. The van der Waals surface area contributed by atoms with Gasteiger partial charge in [0.15, 0.2) is 0 Å². The highest BCUT2D eigenvalue weighted by Gasteiger charge is 2.19. The van der Waals surface area contributed by atoms with E-state index in [1.807, 2.05) is 12.3 Å². The summed E-state index contributed by atoms with van der Waals surface area (Å²) in [6.45, 7) is 4.51. The maximum absolute atomic E-state index is 5.81. The molecule has 1 aliphatic heterocycles. The molecule has 1 aliphatic rings. The van der Waals surface area contributed by atoms with Crippen LogP contribution in [0.2, 0.25) is 0 Å². The van der Waals surface area contributed by atoms with Crippen LogP contribution in [0.1, 0.15) is 11.3 Å². The van der Waals surface area contributed by atoms with Crippen molar-refractivity contribution in [3.8, 4) is 0 Å². The highest BCUT2D eigenvalue weighted by molar-refractivity contribution is 5.77. The number of hydrogen-bond donors (Lipinski definition) is 1. The van der Waals surface area contributed by atoms with Crippen LogP contribution in [0.4, 0.5) is 0 Å². The molecule has 3 heterocycles. The van der Waals surface area contributed by atoms with E-state index in [9.17, 15) is 0 Å². The van der Waals surface area contributed by atoms with Gasteiger partial charge in [0.1, 0.15) is 5.58 Å². The smallest absolute Gasteiger partial charge is 0.134 e. The highest BCUT2D eigenvalue weighted by atomic mass is 16.5. The molecule has 23 heavy (non-hydrogen) atoms. The number of ether oxygens (including phenoxy) is 1. The number of benzene rings is 1. The van der Waals surface area contributed by atoms with E-state index >= 15 is 0 Å². The summed E-state index contributed by atoms with van der Waals surface area (Å²) in [4.78, 5) is 9.72. The van der Waals surface area contributed by atoms with Gasteiger partial charge in [-0.05, 0) is 30.0 Å². The molecule has 120 valence electrons. The van der Waals surface area contributed by atoms with E-state index in [1.165, 1.54) is 5.56 Å². The molecule has 0 bridgehead atoms. The molecular weight excluding hydrogens is 290 g/mol. The van der Waals surface area contributed by atoms with Crippen molar-refractivity contribution in [2.45, 2.75) is 13.0 Å². The van der Waals surface area contributed by atoms with E-state index in [0.717, 1.165) is 55.9 Å². The zero-order chi connectivity index (χ0) is 15.5. The normalized spacial score (nSPS) is 19.9. The van der Waals surface area contributed by atoms with Gasteiger partial charge in [-0.1, -0.05) is 12.1 Å². The van der Waals surface area contributed by atoms with Gasteiger partial charge < -0.3 is 14.1 Å². The molecule has 1 aromatic carbocycles. The van der Waals surface area contributed by atoms with Gasteiger partial charge in [0.25, 0.3) is 0 Å². The van der Waals surface area contributed by atoms with E-state index in [2.05, 4.69) is 33.1 Å². The van der Waals surface area contributed by atoms with Crippen LogP contribution >= 0.6 is 0 Å².